The fourth-order valence-corrected chi connectivity index (χ4v) is 2.43. The van der Waals surface area contributed by atoms with Gasteiger partial charge < -0.3 is 15.0 Å². The van der Waals surface area contributed by atoms with Crippen molar-refractivity contribution < 1.29 is 14.4 Å². The number of thioether (sulfide) groups is 1. The van der Waals surface area contributed by atoms with Crippen LogP contribution >= 0.6 is 11.8 Å². The van der Waals surface area contributed by atoms with Gasteiger partial charge in [0.25, 0.3) is 5.91 Å². The van der Waals surface area contributed by atoms with Gasteiger partial charge in [0.2, 0.25) is 0 Å². The minimum absolute atomic E-state index is 0.0742. The van der Waals surface area contributed by atoms with Crippen LogP contribution in [0.3, 0.4) is 0 Å². The molecule has 0 aromatic heterocycles. The molecule has 1 heterocycles. The van der Waals surface area contributed by atoms with E-state index in [0.29, 0.717) is 6.54 Å². The van der Waals surface area contributed by atoms with Crippen molar-refractivity contribution in [3.63, 3.8) is 0 Å². The molecule has 0 atom stereocenters. The van der Waals surface area contributed by atoms with Crippen LogP contribution in [0, 0.1) is 0 Å². The predicted molar refractivity (Wildman–Crippen MR) is 73.2 cm³/mol. The minimum Gasteiger partial charge on any atom is -0.370 e. The summed E-state index contributed by atoms with van der Waals surface area (Å²) < 4.78 is 5.27. The Morgan fingerprint density at radius 2 is 2.22 bits per heavy atom. The summed E-state index contributed by atoms with van der Waals surface area (Å²) >= 11 is 1.67. The maximum Gasteiger partial charge on any atom is 0.279 e. The first-order chi connectivity index (χ1) is 8.78. The van der Waals surface area contributed by atoms with Gasteiger partial charge in [0.1, 0.15) is 13.1 Å². The summed E-state index contributed by atoms with van der Waals surface area (Å²) in [6.45, 7) is 3.86. The molecule has 0 aliphatic carbocycles. The second-order valence-corrected chi connectivity index (χ2v) is 5.20. The third-order valence-corrected chi connectivity index (χ3v) is 3.69. The van der Waals surface area contributed by atoms with Crippen LogP contribution in [0.4, 0.5) is 5.69 Å². The molecule has 1 aliphatic heterocycles. The van der Waals surface area contributed by atoms with Gasteiger partial charge in [-0.25, -0.2) is 0 Å². The zero-order valence-electron chi connectivity index (χ0n) is 10.6. The van der Waals surface area contributed by atoms with E-state index in [4.69, 9.17) is 4.74 Å². The van der Waals surface area contributed by atoms with Gasteiger partial charge in [-0.2, -0.15) is 0 Å². The molecule has 1 aromatic rings. The Morgan fingerprint density at radius 1 is 1.44 bits per heavy atom. The number of anilines is 1. The van der Waals surface area contributed by atoms with Crippen molar-refractivity contribution in [1.29, 1.82) is 0 Å². The smallest absolute Gasteiger partial charge is 0.279 e. The molecular formula is C13H19N2O2S+. The van der Waals surface area contributed by atoms with E-state index < -0.39 is 0 Å². The summed E-state index contributed by atoms with van der Waals surface area (Å²) in [6, 6.07) is 7.92. The van der Waals surface area contributed by atoms with Gasteiger partial charge in [-0.05, 0) is 24.5 Å². The maximum atomic E-state index is 11.9. The lowest BCUT2D eigenvalue weighted by atomic mass is 10.3. The normalized spacial score (nSPS) is 16.5. The van der Waals surface area contributed by atoms with E-state index in [1.165, 1.54) is 4.90 Å². The Kier molecular flexibility index (Phi) is 5.04. The number of nitrogens with one attached hydrogen (secondary N) is 2. The van der Waals surface area contributed by atoms with Crippen molar-refractivity contribution >= 4 is 23.4 Å². The fourth-order valence-electron chi connectivity index (χ4n) is 1.97. The van der Waals surface area contributed by atoms with Crippen molar-refractivity contribution in [2.75, 3.05) is 44.4 Å². The van der Waals surface area contributed by atoms with Gasteiger partial charge in [-0.15, -0.1) is 11.8 Å². The predicted octanol–water partition coefficient (Wildman–Crippen LogP) is 0.262. The number of hydrogen-bond acceptors (Lipinski definition) is 3. The van der Waals surface area contributed by atoms with E-state index in [1.54, 1.807) is 11.8 Å². The molecule has 2 N–H and O–H groups in total. The zero-order chi connectivity index (χ0) is 12.8. The first kappa shape index (κ1) is 13.4. The van der Waals surface area contributed by atoms with E-state index >= 15 is 0 Å². The highest BCUT2D eigenvalue weighted by Crippen LogP contribution is 2.18. The first-order valence-corrected chi connectivity index (χ1v) is 7.35. The third-order valence-electron chi connectivity index (χ3n) is 2.96. The van der Waals surface area contributed by atoms with Crippen LogP contribution in [0.2, 0.25) is 0 Å². The standard InChI is InChI=1S/C13H18N2O2S/c1-18-12-4-2-3-11(9-12)14-13(16)10-15-5-7-17-8-6-15/h2-4,9H,5-8,10H2,1H3,(H,14,16)/p+1. The van der Waals surface area contributed by atoms with Crippen molar-refractivity contribution in [3.8, 4) is 0 Å². The average molecular weight is 267 g/mol. The van der Waals surface area contributed by atoms with Crippen LogP contribution in [0.25, 0.3) is 0 Å². The number of carbonyl (C=O) groups excluding carboxylic acids is 1. The highest BCUT2D eigenvalue weighted by molar-refractivity contribution is 7.98. The number of hydrogen-bond donors (Lipinski definition) is 2. The van der Waals surface area contributed by atoms with Crippen LogP contribution in [0.5, 0.6) is 0 Å². The molecule has 0 unspecified atom stereocenters. The highest BCUT2D eigenvalue weighted by Gasteiger charge is 2.17. The number of benzene rings is 1. The van der Waals surface area contributed by atoms with E-state index in [0.717, 1.165) is 36.9 Å². The molecule has 1 fully saturated rings. The van der Waals surface area contributed by atoms with Gasteiger partial charge in [0, 0.05) is 10.6 Å². The quantitative estimate of drug-likeness (QED) is 0.769. The van der Waals surface area contributed by atoms with E-state index in [9.17, 15) is 4.79 Å². The van der Waals surface area contributed by atoms with Gasteiger partial charge in [0.15, 0.2) is 6.54 Å². The number of amides is 1. The van der Waals surface area contributed by atoms with Crippen LogP contribution in [-0.2, 0) is 9.53 Å². The van der Waals surface area contributed by atoms with Crippen LogP contribution in [0.15, 0.2) is 29.2 Å². The maximum absolute atomic E-state index is 11.9. The molecule has 1 amide bonds. The Bertz CT molecular complexity index is 406. The third kappa shape index (κ3) is 4.01. The fraction of sp³-hybridized carbons (Fsp3) is 0.462. The largest absolute Gasteiger partial charge is 0.370 e. The summed E-state index contributed by atoms with van der Waals surface area (Å²) in [5.74, 6) is 0.0742. The lowest BCUT2D eigenvalue weighted by molar-refractivity contribution is -0.899. The minimum atomic E-state index is 0.0742. The van der Waals surface area contributed by atoms with Crippen LogP contribution < -0.4 is 10.2 Å². The molecule has 1 aromatic carbocycles. The Balaban J connectivity index is 1.85. The molecule has 0 saturated carbocycles. The SMILES string of the molecule is CSc1cccc(NC(=O)C[NH+]2CCOCC2)c1. The van der Waals surface area contributed by atoms with Gasteiger partial charge in [-0.3, -0.25) is 4.79 Å². The number of rotatable bonds is 4. The number of quaternary nitrogens is 1. The van der Waals surface area contributed by atoms with Crippen molar-refractivity contribution in [3.05, 3.63) is 24.3 Å². The number of ether oxygens (including phenoxy) is 1. The lowest BCUT2D eigenvalue weighted by Crippen LogP contribution is -3.15. The molecule has 1 aliphatic rings. The summed E-state index contributed by atoms with van der Waals surface area (Å²) in [4.78, 5) is 14.4. The van der Waals surface area contributed by atoms with Crippen molar-refractivity contribution in [2.45, 2.75) is 4.90 Å². The van der Waals surface area contributed by atoms with Gasteiger partial charge in [-0.1, -0.05) is 6.07 Å². The molecule has 0 spiro atoms. The Morgan fingerprint density at radius 3 is 2.94 bits per heavy atom. The summed E-state index contributed by atoms with van der Waals surface area (Å²) in [5, 5.41) is 2.95. The van der Waals surface area contributed by atoms with E-state index in [1.807, 2.05) is 30.5 Å². The Labute approximate surface area is 112 Å². The molecule has 0 bridgehead atoms. The summed E-state index contributed by atoms with van der Waals surface area (Å²) in [6.07, 6.45) is 2.03. The molecule has 4 nitrogen and oxygen atoms in total. The monoisotopic (exact) mass is 267 g/mol. The van der Waals surface area contributed by atoms with Gasteiger partial charge in [0.05, 0.1) is 13.2 Å². The van der Waals surface area contributed by atoms with E-state index in [2.05, 4.69) is 5.32 Å². The summed E-state index contributed by atoms with van der Waals surface area (Å²) in [5.41, 5.74) is 0.875. The average Bonchev–Trinajstić information content (AvgIpc) is 2.40. The molecule has 2 rings (SSSR count). The number of carbonyl (C=O) groups is 1. The van der Waals surface area contributed by atoms with Crippen LogP contribution in [-0.4, -0.2) is 45.0 Å². The van der Waals surface area contributed by atoms with Crippen molar-refractivity contribution in [1.82, 2.24) is 0 Å². The lowest BCUT2D eigenvalue weighted by Gasteiger charge is -2.23. The topological polar surface area (TPSA) is 42.8 Å². The molecule has 1 saturated heterocycles. The molecule has 98 valence electrons. The van der Waals surface area contributed by atoms with Crippen molar-refractivity contribution in [2.24, 2.45) is 0 Å². The van der Waals surface area contributed by atoms with Crippen LogP contribution in [0.1, 0.15) is 0 Å². The molecule has 18 heavy (non-hydrogen) atoms. The van der Waals surface area contributed by atoms with E-state index in [-0.39, 0.29) is 5.91 Å². The van der Waals surface area contributed by atoms with Gasteiger partial charge >= 0.3 is 0 Å². The first-order valence-electron chi connectivity index (χ1n) is 6.13. The molecule has 5 heteroatoms. The Hall–Kier alpha value is -1.04. The molecule has 0 radical (unpaired) electrons. The summed E-state index contributed by atoms with van der Waals surface area (Å²) in [7, 11) is 0. The second kappa shape index (κ2) is 6.78. The second-order valence-electron chi connectivity index (χ2n) is 4.32. The highest BCUT2D eigenvalue weighted by atomic mass is 32.2. The zero-order valence-corrected chi connectivity index (χ0v) is 11.4. The molecular weight excluding hydrogens is 248 g/mol. The number of morpholine rings is 1.